The SMILES string of the molecule is COc1ccc(CN2CCn3c(C(=O)N(C)C)cnc3C2)cc1. The van der Waals surface area contributed by atoms with Crippen LogP contribution < -0.4 is 4.74 Å². The van der Waals surface area contributed by atoms with Crippen molar-refractivity contribution in [1.82, 2.24) is 19.4 Å². The highest BCUT2D eigenvalue weighted by atomic mass is 16.5. The number of aromatic nitrogens is 2. The summed E-state index contributed by atoms with van der Waals surface area (Å²) in [7, 11) is 5.20. The van der Waals surface area contributed by atoms with Crippen molar-refractivity contribution >= 4 is 5.91 Å². The summed E-state index contributed by atoms with van der Waals surface area (Å²) in [4.78, 5) is 20.5. The molecule has 2 heterocycles. The van der Waals surface area contributed by atoms with Crippen molar-refractivity contribution in [3.63, 3.8) is 0 Å². The topological polar surface area (TPSA) is 50.6 Å². The normalized spacial score (nSPS) is 14.4. The molecule has 0 saturated carbocycles. The van der Waals surface area contributed by atoms with Crippen LogP contribution in [0.1, 0.15) is 21.9 Å². The van der Waals surface area contributed by atoms with Crippen molar-refractivity contribution in [2.75, 3.05) is 27.7 Å². The Hall–Kier alpha value is -2.34. The molecular formula is C17H22N4O2. The predicted octanol–water partition coefficient (Wildman–Crippen LogP) is 1.61. The molecule has 0 fully saturated rings. The van der Waals surface area contributed by atoms with Crippen molar-refractivity contribution in [3.05, 3.63) is 47.5 Å². The second kappa shape index (κ2) is 6.42. The summed E-state index contributed by atoms with van der Waals surface area (Å²) in [6.45, 7) is 3.32. The molecule has 6 nitrogen and oxygen atoms in total. The summed E-state index contributed by atoms with van der Waals surface area (Å²) in [6.07, 6.45) is 1.69. The number of carbonyl (C=O) groups excluding carboxylic acids is 1. The number of hydrogen-bond acceptors (Lipinski definition) is 4. The number of fused-ring (bicyclic) bond motifs is 1. The Morgan fingerprint density at radius 3 is 2.65 bits per heavy atom. The molecule has 0 bridgehead atoms. The molecule has 1 aliphatic heterocycles. The molecular weight excluding hydrogens is 292 g/mol. The van der Waals surface area contributed by atoms with E-state index < -0.39 is 0 Å². The third-order valence-electron chi connectivity index (χ3n) is 4.13. The zero-order valence-electron chi connectivity index (χ0n) is 13.8. The van der Waals surface area contributed by atoms with E-state index in [1.807, 2.05) is 16.7 Å². The van der Waals surface area contributed by atoms with E-state index in [2.05, 4.69) is 22.0 Å². The third-order valence-corrected chi connectivity index (χ3v) is 4.13. The standard InChI is InChI=1S/C17H22N4O2/c1-19(2)17(22)15-10-18-16-12-20(8-9-21(15)16)11-13-4-6-14(23-3)7-5-13/h4-7,10H,8-9,11-12H2,1-3H3. The molecule has 6 heteroatoms. The molecule has 0 atom stereocenters. The maximum absolute atomic E-state index is 12.2. The second-order valence-corrected chi connectivity index (χ2v) is 5.97. The number of imidazole rings is 1. The van der Waals surface area contributed by atoms with Crippen molar-refractivity contribution in [2.45, 2.75) is 19.6 Å². The van der Waals surface area contributed by atoms with E-state index in [0.29, 0.717) is 5.69 Å². The first-order chi connectivity index (χ1) is 11.1. The molecule has 0 spiro atoms. The van der Waals surface area contributed by atoms with Crippen LogP contribution in [0.3, 0.4) is 0 Å². The minimum absolute atomic E-state index is 0.00681. The lowest BCUT2D eigenvalue weighted by Crippen LogP contribution is -2.35. The molecule has 122 valence electrons. The average molecular weight is 314 g/mol. The summed E-state index contributed by atoms with van der Waals surface area (Å²) in [5.41, 5.74) is 1.92. The molecule has 3 rings (SSSR count). The monoisotopic (exact) mass is 314 g/mol. The smallest absolute Gasteiger partial charge is 0.271 e. The molecule has 2 aromatic rings. The van der Waals surface area contributed by atoms with Crippen molar-refractivity contribution in [2.24, 2.45) is 0 Å². The molecule has 0 aliphatic carbocycles. The van der Waals surface area contributed by atoms with E-state index in [1.165, 1.54) is 5.56 Å². The zero-order valence-corrected chi connectivity index (χ0v) is 13.8. The maximum atomic E-state index is 12.2. The van der Waals surface area contributed by atoms with Gasteiger partial charge in [0.2, 0.25) is 0 Å². The van der Waals surface area contributed by atoms with Gasteiger partial charge in [0.1, 0.15) is 17.3 Å². The fourth-order valence-corrected chi connectivity index (χ4v) is 2.83. The first-order valence-corrected chi connectivity index (χ1v) is 7.70. The predicted molar refractivity (Wildman–Crippen MR) is 87.4 cm³/mol. The van der Waals surface area contributed by atoms with Gasteiger partial charge in [-0.05, 0) is 17.7 Å². The van der Waals surface area contributed by atoms with Crippen LogP contribution in [-0.2, 0) is 19.6 Å². The minimum Gasteiger partial charge on any atom is -0.497 e. The van der Waals surface area contributed by atoms with Crippen LogP contribution in [0.2, 0.25) is 0 Å². The highest BCUT2D eigenvalue weighted by molar-refractivity contribution is 5.92. The van der Waals surface area contributed by atoms with Crippen LogP contribution in [0.15, 0.2) is 30.5 Å². The number of benzene rings is 1. The Bertz CT molecular complexity index is 691. The number of hydrogen-bond donors (Lipinski definition) is 0. The van der Waals surface area contributed by atoms with Gasteiger partial charge in [-0.3, -0.25) is 9.69 Å². The Morgan fingerprint density at radius 1 is 1.26 bits per heavy atom. The number of nitrogens with zero attached hydrogens (tertiary/aromatic N) is 4. The van der Waals surface area contributed by atoms with Crippen molar-refractivity contribution < 1.29 is 9.53 Å². The van der Waals surface area contributed by atoms with Gasteiger partial charge in [0.05, 0.1) is 19.9 Å². The molecule has 0 radical (unpaired) electrons. The molecule has 1 aliphatic rings. The van der Waals surface area contributed by atoms with Crippen LogP contribution in [0, 0.1) is 0 Å². The summed E-state index contributed by atoms with van der Waals surface area (Å²) in [5, 5.41) is 0. The zero-order chi connectivity index (χ0) is 16.4. The number of methoxy groups -OCH3 is 1. The van der Waals surface area contributed by atoms with E-state index in [-0.39, 0.29) is 5.91 Å². The van der Waals surface area contributed by atoms with Gasteiger partial charge in [0.25, 0.3) is 5.91 Å². The van der Waals surface area contributed by atoms with E-state index in [0.717, 1.165) is 37.8 Å². The Kier molecular flexibility index (Phi) is 4.34. The molecule has 1 amide bonds. The molecule has 1 aromatic carbocycles. The summed E-state index contributed by atoms with van der Waals surface area (Å²) < 4.78 is 7.22. The highest BCUT2D eigenvalue weighted by Crippen LogP contribution is 2.19. The fourth-order valence-electron chi connectivity index (χ4n) is 2.83. The molecule has 1 aromatic heterocycles. The molecule has 0 saturated heterocycles. The number of ether oxygens (including phenoxy) is 1. The molecule has 23 heavy (non-hydrogen) atoms. The summed E-state index contributed by atoms with van der Waals surface area (Å²) in [5.74, 6) is 1.83. The number of rotatable bonds is 4. The van der Waals surface area contributed by atoms with Crippen molar-refractivity contribution in [1.29, 1.82) is 0 Å². The first-order valence-electron chi connectivity index (χ1n) is 7.70. The lowest BCUT2D eigenvalue weighted by atomic mass is 10.2. The summed E-state index contributed by atoms with van der Waals surface area (Å²) >= 11 is 0. The van der Waals surface area contributed by atoms with Gasteiger partial charge in [-0.2, -0.15) is 0 Å². The third kappa shape index (κ3) is 3.22. The van der Waals surface area contributed by atoms with Gasteiger partial charge in [-0.1, -0.05) is 12.1 Å². The largest absolute Gasteiger partial charge is 0.497 e. The van der Waals surface area contributed by atoms with Gasteiger partial charge >= 0.3 is 0 Å². The fraction of sp³-hybridized carbons (Fsp3) is 0.412. The summed E-state index contributed by atoms with van der Waals surface area (Å²) in [6, 6.07) is 8.13. The van der Waals surface area contributed by atoms with Gasteiger partial charge in [-0.15, -0.1) is 0 Å². The van der Waals surface area contributed by atoms with Crippen LogP contribution >= 0.6 is 0 Å². The quantitative estimate of drug-likeness (QED) is 0.860. The van der Waals surface area contributed by atoms with Crippen molar-refractivity contribution in [3.8, 4) is 5.75 Å². The van der Waals surface area contributed by atoms with E-state index in [1.54, 1.807) is 32.3 Å². The van der Waals surface area contributed by atoms with Crippen LogP contribution in [0.25, 0.3) is 0 Å². The minimum atomic E-state index is 0.00681. The van der Waals surface area contributed by atoms with Gasteiger partial charge < -0.3 is 14.2 Å². The van der Waals surface area contributed by atoms with Gasteiger partial charge in [-0.25, -0.2) is 4.98 Å². The van der Waals surface area contributed by atoms with Gasteiger partial charge in [0.15, 0.2) is 0 Å². The van der Waals surface area contributed by atoms with E-state index >= 15 is 0 Å². The second-order valence-electron chi connectivity index (χ2n) is 5.97. The number of carbonyl (C=O) groups is 1. The Morgan fingerprint density at radius 2 is 2.00 bits per heavy atom. The van der Waals surface area contributed by atoms with E-state index in [4.69, 9.17) is 4.74 Å². The van der Waals surface area contributed by atoms with Crippen LogP contribution in [0.5, 0.6) is 5.75 Å². The van der Waals surface area contributed by atoms with Crippen LogP contribution in [-0.4, -0.2) is 53.0 Å². The molecule has 0 unspecified atom stereocenters. The lowest BCUT2D eigenvalue weighted by Gasteiger charge is -2.28. The van der Waals surface area contributed by atoms with E-state index in [9.17, 15) is 4.79 Å². The lowest BCUT2D eigenvalue weighted by molar-refractivity contribution is 0.0812. The maximum Gasteiger partial charge on any atom is 0.271 e. The average Bonchev–Trinajstić information content (AvgIpc) is 2.98. The Labute approximate surface area is 136 Å². The molecule has 0 N–H and O–H groups in total. The van der Waals surface area contributed by atoms with Crippen LogP contribution in [0.4, 0.5) is 0 Å². The Balaban J connectivity index is 1.69. The van der Waals surface area contributed by atoms with Gasteiger partial charge in [0, 0.05) is 33.7 Å². The first kappa shape index (κ1) is 15.6. The highest BCUT2D eigenvalue weighted by Gasteiger charge is 2.23. The number of amides is 1.